The van der Waals surface area contributed by atoms with Gasteiger partial charge in [-0.25, -0.2) is 4.39 Å². The number of rotatable bonds is 4. The average molecular weight is 477 g/mol. The van der Waals surface area contributed by atoms with Crippen LogP contribution in [0.5, 0.6) is 0 Å². The molecule has 3 aromatic rings. The predicted molar refractivity (Wildman–Crippen MR) is 137 cm³/mol. The minimum Gasteiger partial charge on any atom is -0.324 e. The maximum atomic E-state index is 14.0. The fourth-order valence-corrected chi connectivity index (χ4v) is 5.42. The standard InChI is InChI=1S/C28H29FN2O2S/c1-18-8-14-23(15-9-18)30-25(32)24-17-34-27(20-6-5-7-22(29)16-20)31(24)26(33)19-10-12-21(13-11-19)28(2,3)4/h5-16,24,27H,17H2,1-4H3,(H,30,32)/t24-,27+/m1/s1. The van der Waals surface area contributed by atoms with Gasteiger partial charge in [-0.1, -0.05) is 62.7 Å². The van der Waals surface area contributed by atoms with Gasteiger partial charge in [-0.05, 0) is 59.9 Å². The first kappa shape index (κ1) is 24.0. The van der Waals surface area contributed by atoms with Gasteiger partial charge in [0.25, 0.3) is 5.91 Å². The van der Waals surface area contributed by atoms with Crippen molar-refractivity contribution < 1.29 is 14.0 Å². The minimum absolute atomic E-state index is 0.0361. The van der Waals surface area contributed by atoms with Gasteiger partial charge in [-0.3, -0.25) is 9.59 Å². The third-order valence-corrected chi connectivity index (χ3v) is 7.31. The van der Waals surface area contributed by atoms with Crippen LogP contribution in [0, 0.1) is 12.7 Å². The van der Waals surface area contributed by atoms with E-state index >= 15 is 0 Å². The molecule has 2 atom stereocenters. The van der Waals surface area contributed by atoms with Crippen molar-refractivity contribution in [2.75, 3.05) is 11.1 Å². The molecule has 1 fully saturated rings. The van der Waals surface area contributed by atoms with Gasteiger partial charge < -0.3 is 10.2 Å². The molecule has 1 saturated heterocycles. The molecule has 0 aliphatic carbocycles. The molecule has 3 aromatic carbocycles. The zero-order chi connectivity index (χ0) is 24.5. The van der Waals surface area contributed by atoms with E-state index < -0.39 is 11.4 Å². The van der Waals surface area contributed by atoms with Crippen molar-refractivity contribution >= 4 is 29.3 Å². The van der Waals surface area contributed by atoms with E-state index in [2.05, 4.69) is 26.1 Å². The van der Waals surface area contributed by atoms with Crippen LogP contribution in [-0.2, 0) is 10.2 Å². The zero-order valence-electron chi connectivity index (χ0n) is 19.8. The van der Waals surface area contributed by atoms with E-state index in [1.54, 1.807) is 17.0 Å². The van der Waals surface area contributed by atoms with Crippen LogP contribution >= 0.6 is 11.8 Å². The Bertz CT molecular complexity index is 1190. The number of hydrogen-bond acceptors (Lipinski definition) is 3. The normalized spacial score (nSPS) is 18.1. The fourth-order valence-electron chi connectivity index (χ4n) is 4.00. The Morgan fingerprint density at radius 1 is 1.00 bits per heavy atom. The van der Waals surface area contributed by atoms with E-state index in [1.807, 2.05) is 55.5 Å². The van der Waals surface area contributed by atoms with Crippen LogP contribution in [0.15, 0.2) is 72.8 Å². The average Bonchev–Trinajstić information content (AvgIpc) is 3.25. The lowest BCUT2D eigenvalue weighted by molar-refractivity contribution is -0.119. The van der Waals surface area contributed by atoms with Gasteiger partial charge in [0, 0.05) is 17.0 Å². The molecule has 0 unspecified atom stereocenters. The quantitative estimate of drug-likeness (QED) is 0.479. The monoisotopic (exact) mass is 476 g/mol. The second-order valence-corrected chi connectivity index (χ2v) is 10.8. The zero-order valence-corrected chi connectivity index (χ0v) is 20.7. The number of carbonyl (C=O) groups is 2. The summed E-state index contributed by atoms with van der Waals surface area (Å²) in [4.78, 5) is 28.6. The maximum absolute atomic E-state index is 14.0. The van der Waals surface area contributed by atoms with Crippen molar-refractivity contribution in [3.63, 3.8) is 0 Å². The topological polar surface area (TPSA) is 49.4 Å². The third-order valence-electron chi connectivity index (χ3n) is 5.99. The van der Waals surface area contributed by atoms with Crippen molar-refractivity contribution in [3.05, 3.63) is 101 Å². The number of thioether (sulfide) groups is 1. The first-order valence-corrected chi connectivity index (χ1v) is 12.4. The van der Waals surface area contributed by atoms with Gasteiger partial charge in [-0.15, -0.1) is 11.8 Å². The van der Waals surface area contributed by atoms with Gasteiger partial charge in [-0.2, -0.15) is 0 Å². The van der Waals surface area contributed by atoms with Crippen LogP contribution in [0.4, 0.5) is 10.1 Å². The molecular weight excluding hydrogens is 447 g/mol. The molecule has 1 aliphatic rings. The number of benzene rings is 3. The lowest BCUT2D eigenvalue weighted by Crippen LogP contribution is -2.45. The van der Waals surface area contributed by atoms with Gasteiger partial charge in [0.1, 0.15) is 17.2 Å². The highest BCUT2D eigenvalue weighted by molar-refractivity contribution is 7.99. The molecule has 0 bridgehead atoms. The summed E-state index contributed by atoms with van der Waals surface area (Å²) in [5, 5.41) is 2.48. The summed E-state index contributed by atoms with van der Waals surface area (Å²) >= 11 is 1.47. The molecule has 1 N–H and O–H groups in total. The van der Waals surface area contributed by atoms with Crippen LogP contribution in [0.3, 0.4) is 0 Å². The Morgan fingerprint density at radius 3 is 2.29 bits per heavy atom. The molecule has 1 aliphatic heterocycles. The van der Waals surface area contributed by atoms with E-state index in [9.17, 15) is 14.0 Å². The summed E-state index contributed by atoms with van der Waals surface area (Å²) in [5.74, 6) is -0.448. The van der Waals surface area contributed by atoms with Crippen molar-refractivity contribution in [1.29, 1.82) is 0 Å². The fraction of sp³-hybridized carbons (Fsp3) is 0.286. The molecule has 0 radical (unpaired) electrons. The summed E-state index contributed by atoms with van der Waals surface area (Å²) in [6, 6.07) is 20.6. The number of hydrogen-bond donors (Lipinski definition) is 1. The number of carbonyl (C=O) groups excluding carboxylic acids is 2. The largest absolute Gasteiger partial charge is 0.324 e. The summed E-state index contributed by atoms with van der Waals surface area (Å²) in [7, 11) is 0. The van der Waals surface area contributed by atoms with Crippen molar-refractivity contribution in [3.8, 4) is 0 Å². The van der Waals surface area contributed by atoms with E-state index in [0.717, 1.165) is 11.1 Å². The second kappa shape index (κ2) is 9.63. The van der Waals surface area contributed by atoms with Gasteiger partial charge >= 0.3 is 0 Å². The first-order valence-electron chi connectivity index (χ1n) is 11.3. The van der Waals surface area contributed by atoms with E-state index in [-0.39, 0.29) is 23.0 Å². The van der Waals surface area contributed by atoms with Gasteiger partial charge in [0.2, 0.25) is 5.91 Å². The van der Waals surface area contributed by atoms with Crippen LogP contribution in [-0.4, -0.2) is 28.5 Å². The lowest BCUT2D eigenvalue weighted by Gasteiger charge is -2.29. The molecule has 176 valence electrons. The number of nitrogens with zero attached hydrogens (tertiary/aromatic N) is 1. The number of anilines is 1. The SMILES string of the molecule is Cc1ccc(NC(=O)[C@H]2CS[C@@H](c3cccc(F)c3)N2C(=O)c2ccc(C(C)(C)C)cc2)cc1. The highest BCUT2D eigenvalue weighted by atomic mass is 32.2. The van der Waals surface area contributed by atoms with Crippen LogP contribution < -0.4 is 5.32 Å². The molecule has 34 heavy (non-hydrogen) atoms. The van der Waals surface area contributed by atoms with Crippen molar-refractivity contribution in [1.82, 2.24) is 4.90 Å². The maximum Gasteiger partial charge on any atom is 0.255 e. The van der Waals surface area contributed by atoms with Gasteiger partial charge in [0.05, 0.1) is 0 Å². The molecule has 1 heterocycles. The van der Waals surface area contributed by atoms with E-state index in [4.69, 9.17) is 0 Å². The van der Waals surface area contributed by atoms with Crippen LogP contribution in [0.1, 0.15) is 53.2 Å². The van der Waals surface area contributed by atoms with Crippen molar-refractivity contribution in [2.45, 2.75) is 44.5 Å². The van der Waals surface area contributed by atoms with Crippen LogP contribution in [0.2, 0.25) is 0 Å². The van der Waals surface area contributed by atoms with Gasteiger partial charge in [0.15, 0.2) is 0 Å². The minimum atomic E-state index is -0.686. The molecule has 0 aromatic heterocycles. The summed E-state index contributed by atoms with van der Waals surface area (Å²) in [6.45, 7) is 8.33. The molecule has 4 rings (SSSR count). The molecule has 0 saturated carbocycles. The summed E-state index contributed by atoms with van der Waals surface area (Å²) in [5.41, 5.74) is 4.02. The molecule has 6 heteroatoms. The van der Waals surface area contributed by atoms with E-state index in [1.165, 1.54) is 23.9 Å². The molecule has 4 nitrogen and oxygen atoms in total. The Morgan fingerprint density at radius 2 is 1.68 bits per heavy atom. The predicted octanol–water partition coefficient (Wildman–Crippen LogP) is 6.33. The lowest BCUT2D eigenvalue weighted by atomic mass is 9.86. The molecule has 2 amide bonds. The Balaban J connectivity index is 1.66. The third kappa shape index (κ3) is 5.17. The van der Waals surface area contributed by atoms with E-state index in [0.29, 0.717) is 22.6 Å². The number of nitrogens with one attached hydrogen (secondary N) is 1. The second-order valence-electron chi connectivity index (χ2n) is 9.65. The Hall–Kier alpha value is -3.12. The summed E-state index contributed by atoms with van der Waals surface area (Å²) in [6.07, 6.45) is 0. The smallest absolute Gasteiger partial charge is 0.255 e. The first-order chi connectivity index (χ1) is 16.1. The number of aryl methyl sites for hydroxylation is 1. The van der Waals surface area contributed by atoms with Crippen LogP contribution in [0.25, 0.3) is 0 Å². The summed E-state index contributed by atoms with van der Waals surface area (Å²) < 4.78 is 14.0. The number of halogens is 1. The molecule has 0 spiro atoms. The Kier molecular flexibility index (Phi) is 6.80. The van der Waals surface area contributed by atoms with Crippen molar-refractivity contribution in [2.24, 2.45) is 0 Å². The highest BCUT2D eigenvalue weighted by Crippen LogP contribution is 2.42. The Labute approximate surface area is 204 Å². The molecular formula is C28H29FN2O2S. The number of amides is 2. The highest BCUT2D eigenvalue weighted by Gasteiger charge is 2.42.